The number of hydrogen-bond acceptors (Lipinski definition) is 8. The molecule has 2 atom stereocenters. The molecule has 0 aliphatic carbocycles. The van der Waals surface area contributed by atoms with Crippen molar-refractivity contribution >= 4 is 62.5 Å². The molecule has 2 aliphatic heterocycles. The number of halogens is 2. The first kappa shape index (κ1) is 20.5. The van der Waals surface area contributed by atoms with Crippen LogP contribution in [0, 0.1) is 0 Å². The van der Waals surface area contributed by atoms with E-state index in [0.29, 0.717) is 32.1 Å². The Balaban J connectivity index is 1.72. The van der Waals surface area contributed by atoms with Crippen LogP contribution in [0.1, 0.15) is 0 Å². The van der Waals surface area contributed by atoms with Gasteiger partial charge in [0.2, 0.25) is 0 Å². The number of para-hydroxylation sites is 1. The molecule has 2 aromatic rings. The van der Waals surface area contributed by atoms with E-state index in [-0.39, 0.29) is 4.90 Å². The number of hydrogen-bond donors (Lipinski definition) is 2. The monoisotopic (exact) mass is 469 g/mol. The summed E-state index contributed by atoms with van der Waals surface area (Å²) >= 11 is 14.2. The molecule has 0 aromatic heterocycles. The van der Waals surface area contributed by atoms with Gasteiger partial charge >= 0.3 is 0 Å². The van der Waals surface area contributed by atoms with Crippen molar-refractivity contribution in [3.8, 4) is 0 Å². The number of nitrogens with two attached hydrogens (primary N) is 2. The van der Waals surface area contributed by atoms with Crippen molar-refractivity contribution in [2.24, 2.45) is 16.5 Å². The Kier molecular flexibility index (Phi) is 5.30. The Labute approximate surface area is 182 Å². The van der Waals surface area contributed by atoms with Gasteiger partial charge in [-0.15, -0.1) is 0 Å². The minimum Gasteiger partial charge on any atom is -0.311 e. The number of aliphatic imine (C=N–C) groups is 1. The van der Waals surface area contributed by atoms with Gasteiger partial charge in [-0.1, -0.05) is 41.0 Å². The predicted octanol–water partition coefficient (Wildman–Crippen LogP) is 3.19. The smallest absolute Gasteiger partial charge is 0.175 e. The molecule has 7 nitrogen and oxygen atoms in total. The van der Waals surface area contributed by atoms with E-state index >= 15 is 0 Å². The van der Waals surface area contributed by atoms with Gasteiger partial charge in [-0.05, 0) is 36.4 Å². The number of nitrogens with zero attached hydrogens (tertiary/aromatic N) is 3. The number of benzene rings is 2. The Hall–Kier alpha value is -1.75. The molecule has 4 N–H and O–H groups in total. The van der Waals surface area contributed by atoms with Crippen LogP contribution in [0.2, 0.25) is 10.0 Å². The molecule has 0 amide bonds. The summed E-state index contributed by atoms with van der Waals surface area (Å²) in [5.74, 6) is 0. The lowest BCUT2D eigenvalue weighted by molar-refractivity contribution is 0.602. The van der Waals surface area contributed by atoms with E-state index in [1.807, 2.05) is 0 Å². The summed E-state index contributed by atoms with van der Waals surface area (Å²) in [5, 5.41) is 1.59. The molecule has 0 radical (unpaired) electrons. The minimum absolute atomic E-state index is 0.228. The highest BCUT2D eigenvalue weighted by Crippen LogP contribution is 2.47. The molecule has 2 unspecified atom stereocenters. The molecule has 4 rings (SSSR count). The number of rotatable bonds is 3. The normalized spacial score (nSPS) is 21.7. The van der Waals surface area contributed by atoms with Crippen molar-refractivity contribution in [3.05, 3.63) is 63.2 Å². The van der Waals surface area contributed by atoms with Crippen molar-refractivity contribution < 1.29 is 8.42 Å². The maximum atomic E-state index is 11.7. The summed E-state index contributed by atoms with van der Waals surface area (Å²) in [6, 6.07) is 11.7. The summed E-state index contributed by atoms with van der Waals surface area (Å²) in [5.41, 5.74) is 14.4. The lowest BCUT2D eigenvalue weighted by Crippen LogP contribution is -2.50. The van der Waals surface area contributed by atoms with E-state index in [9.17, 15) is 8.42 Å². The molecule has 2 heterocycles. The SMILES string of the molecule is CS(=O)(=O)c1ccc(N2C=NC3=C(C2N)N(c2c(Cl)cccc2Cl)C(N)S3)cc1. The zero-order valence-electron chi connectivity index (χ0n) is 15.2. The fourth-order valence-corrected chi connectivity index (χ4v) is 5.42. The fraction of sp³-hybridized carbons (Fsp3) is 0.167. The van der Waals surface area contributed by atoms with Crippen molar-refractivity contribution in [3.63, 3.8) is 0 Å². The Morgan fingerprint density at radius 2 is 1.69 bits per heavy atom. The van der Waals surface area contributed by atoms with E-state index in [0.717, 1.165) is 6.26 Å². The zero-order chi connectivity index (χ0) is 20.9. The summed E-state index contributed by atoms with van der Waals surface area (Å²) in [6.07, 6.45) is 2.14. The van der Waals surface area contributed by atoms with Crippen LogP contribution in [-0.4, -0.2) is 32.7 Å². The lowest BCUT2D eigenvalue weighted by Gasteiger charge is -2.36. The Morgan fingerprint density at radius 3 is 2.28 bits per heavy atom. The second-order valence-electron chi connectivity index (χ2n) is 6.50. The van der Waals surface area contributed by atoms with Crippen LogP contribution in [0.25, 0.3) is 0 Å². The average Bonchev–Trinajstić information content (AvgIpc) is 2.98. The quantitative estimate of drug-likeness (QED) is 0.710. The van der Waals surface area contributed by atoms with Gasteiger partial charge in [-0.3, -0.25) is 0 Å². The first-order valence-corrected chi connectivity index (χ1v) is 12.0. The molecule has 2 aliphatic rings. The molecule has 29 heavy (non-hydrogen) atoms. The van der Waals surface area contributed by atoms with E-state index in [1.165, 1.54) is 23.9 Å². The molecule has 0 spiro atoms. The molecule has 11 heteroatoms. The standard InChI is InChI=1S/C18H17Cl2N5O2S2/c1-29(26,27)11-7-5-10(6-8-11)24-9-23-17-15(16(24)21)25(18(22)28-17)14-12(19)3-2-4-13(14)20/h2-9,16,18H,21-22H2,1H3. The van der Waals surface area contributed by atoms with E-state index < -0.39 is 21.5 Å². The van der Waals surface area contributed by atoms with Crippen LogP contribution in [0.5, 0.6) is 0 Å². The maximum absolute atomic E-state index is 11.7. The van der Waals surface area contributed by atoms with Crippen LogP contribution in [0.15, 0.2) is 63.1 Å². The van der Waals surface area contributed by atoms with Gasteiger partial charge in [0.05, 0.1) is 32.7 Å². The van der Waals surface area contributed by atoms with Gasteiger partial charge in [-0.25, -0.2) is 13.4 Å². The van der Waals surface area contributed by atoms with E-state index in [4.69, 9.17) is 34.7 Å². The number of thioether (sulfide) groups is 1. The van der Waals surface area contributed by atoms with E-state index in [2.05, 4.69) is 4.99 Å². The summed E-state index contributed by atoms with van der Waals surface area (Å²) in [7, 11) is -3.29. The Bertz CT molecular complexity index is 1120. The van der Waals surface area contributed by atoms with Gasteiger partial charge in [0.25, 0.3) is 0 Å². The minimum atomic E-state index is -3.29. The van der Waals surface area contributed by atoms with Crippen LogP contribution >= 0.6 is 35.0 Å². The van der Waals surface area contributed by atoms with Crippen molar-refractivity contribution in [2.45, 2.75) is 16.6 Å². The molecular weight excluding hydrogens is 453 g/mol. The van der Waals surface area contributed by atoms with Gasteiger partial charge < -0.3 is 21.3 Å². The van der Waals surface area contributed by atoms with Gasteiger partial charge in [0.1, 0.15) is 16.7 Å². The Morgan fingerprint density at radius 1 is 1.07 bits per heavy atom. The van der Waals surface area contributed by atoms with Gasteiger partial charge in [0, 0.05) is 11.9 Å². The van der Waals surface area contributed by atoms with Crippen molar-refractivity contribution in [2.75, 3.05) is 16.1 Å². The number of sulfone groups is 1. The summed E-state index contributed by atoms with van der Waals surface area (Å²) < 4.78 is 23.4. The van der Waals surface area contributed by atoms with Gasteiger partial charge in [-0.2, -0.15) is 0 Å². The molecule has 0 saturated carbocycles. The highest BCUT2D eigenvalue weighted by Gasteiger charge is 2.40. The first-order valence-electron chi connectivity index (χ1n) is 8.46. The first-order chi connectivity index (χ1) is 13.7. The maximum Gasteiger partial charge on any atom is 0.175 e. The van der Waals surface area contributed by atoms with Crippen molar-refractivity contribution in [1.82, 2.24) is 0 Å². The van der Waals surface area contributed by atoms with E-state index in [1.54, 1.807) is 46.5 Å². The molecule has 0 saturated heterocycles. The van der Waals surface area contributed by atoms with Crippen LogP contribution in [0.3, 0.4) is 0 Å². The lowest BCUT2D eigenvalue weighted by atomic mass is 10.2. The zero-order valence-corrected chi connectivity index (χ0v) is 18.3. The number of anilines is 2. The molecular formula is C18H17Cl2N5O2S2. The predicted molar refractivity (Wildman–Crippen MR) is 120 cm³/mol. The molecule has 152 valence electrons. The highest BCUT2D eigenvalue weighted by atomic mass is 35.5. The summed E-state index contributed by atoms with van der Waals surface area (Å²) in [4.78, 5) is 8.25. The third-order valence-electron chi connectivity index (χ3n) is 4.59. The molecule has 2 aromatic carbocycles. The summed E-state index contributed by atoms with van der Waals surface area (Å²) in [6.45, 7) is 0. The third kappa shape index (κ3) is 3.63. The second-order valence-corrected chi connectivity index (χ2v) is 10.4. The highest BCUT2D eigenvalue weighted by molar-refractivity contribution is 8.04. The average molecular weight is 470 g/mol. The third-order valence-corrected chi connectivity index (χ3v) is 7.31. The van der Waals surface area contributed by atoms with Gasteiger partial charge in [0.15, 0.2) is 9.84 Å². The largest absolute Gasteiger partial charge is 0.311 e. The van der Waals surface area contributed by atoms with Crippen LogP contribution in [-0.2, 0) is 9.84 Å². The molecule has 0 fully saturated rings. The topological polar surface area (TPSA) is 105 Å². The van der Waals surface area contributed by atoms with Crippen molar-refractivity contribution in [1.29, 1.82) is 0 Å². The van der Waals surface area contributed by atoms with Crippen LogP contribution in [0.4, 0.5) is 11.4 Å². The second kappa shape index (κ2) is 7.50. The van der Waals surface area contributed by atoms with Crippen LogP contribution < -0.4 is 21.3 Å². The molecule has 0 bridgehead atoms. The fourth-order valence-electron chi connectivity index (χ4n) is 3.21.